The largest absolute Gasteiger partial charge is 0.492 e. The molecule has 1 aromatic rings. The molecule has 102 valence electrons. The molecule has 0 saturated carbocycles. The van der Waals surface area contributed by atoms with E-state index in [1.807, 2.05) is 12.1 Å². The van der Waals surface area contributed by atoms with Gasteiger partial charge in [0.15, 0.2) is 0 Å². The van der Waals surface area contributed by atoms with Gasteiger partial charge in [-0.05, 0) is 30.2 Å². The van der Waals surface area contributed by atoms with Gasteiger partial charge >= 0.3 is 0 Å². The van der Waals surface area contributed by atoms with E-state index in [0.717, 1.165) is 12.3 Å². The van der Waals surface area contributed by atoms with E-state index in [1.54, 1.807) is 7.11 Å². The van der Waals surface area contributed by atoms with Crippen molar-refractivity contribution in [3.05, 3.63) is 29.8 Å². The number of ether oxygens (including phenoxy) is 2. The number of rotatable bonds is 8. The number of likely N-dealkylation sites (N-methyl/N-ethyl adjacent to an activating group) is 1. The first-order valence-corrected chi connectivity index (χ1v) is 6.62. The smallest absolute Gasteiger partial charge is 0.119 e. The predicted molar refractivity (Wildman–Crippen MR) is 75.4 cm³/mol. The van der Waals surface area contributed by atoms with Crippen molar-refractivity contribution in [1.82, 2.24) is 5.32 Å². The number of hydrogen-bond acceptors (Lipinski definition) is 3. The van der Waals surface area contributed by atoms with E-state index in [9.17, 15) is 0 Å². The van der Waals surface area contributed by atoms with Crippen molar-refractivity contribution in [2.24, 2.45) is 0 Å². The third-order valence-electron chi connectivity index (χ3n) is 2.84. The van der Waals surface area contributed by atoms with Crippen LogP contribution in [0.4, 0.5) is 0 Å². The van der Waals surface area contributed by atoms with Crippen molar-refractivity contribution in [2.45, 2.75) is 32.7 Å². The first-order chi connectivity index (χ1) is 8.67. The zero-order valence-electron chi connectivity index (χ0n) is 11.9. The van der Waals surface area contributed by atoms with Crippen LogP contribution in [0, 0.1) is 0 Å². The van der Waals surface area contributed by atoms with Crippen molar-refractivity contribution < 1.29 is 9.47 Å². The van der Waals surface area contributed by atoms with Crippen LogP contribution in [0.3, 0.4) is 0 Å². The highest BCUT2D eigenvalue weighted by Crippen LogP contribution is 2.20. The van der Waals surface area contributed by atoms with Crippen LogP contribution in [0.15, 0.2) is 24.3 Å². The van der Waals surface area contributed by atoms with Crippen molar-refractivity contribution in [1.29, 1.82) is 0 Å². The lowest BCUT2D eigenvalue weighted by molar-refractivity contribution is 0.137. The SMILES string of the molecule is CCNC(COC)COc1cccc(C(C)C)c1. The molecule has 0 heterocycles. The zero-order chi connectivity index (χ0) is 13.4. The number of benzene rings is 1. The molecule has 0 fully saturated rings. The van der Waals surface area contributed by atoms with Gasteiger partial charge in [0, 0.05) is 7.11 Å². The molecular weight excluding hydrogens is 226 g/mol. The molecule has 3 heteroatoms. The number of hydrogen-bond donors (Lipinski definition) is 1. The molecule has 0 aliphatic heterocycles. The quantitative estimate of drug-likeness (QED) is 0.770. The summed E-state index contributed by atoms with van der Waals surface area (Å²) >= 11 is 0. The molecule has 0 amide bonds. The monoisotopic (exact) mass is 251 g/mol. The van der Waals surface area contributed by atoms with Gasteiger partial charge in [-0.15, -0.1) is 0 Å². The molecule has 0 radical (unpaired) electrons. The van der Waals surface area contributed by atoms with Gasteiger partial charge in [-0.2, -0.15) is 0 Å². The number of nitrogens with one attached hydrogen (secondary N) is 1. The molecule has 0 saturated heterocycles. The predicted octanol–water partition coefficient (Wildman–Crippen LogP) is 2.81. The normalized spacial score (nSPS) is 12.7. The highest BCUT2D eigenvalue weighted by Gasteiger charge is 2.08. The summed E-state index contributed by atoms with van der Waals surface area (Å²) in [6, 6.07) is 8.53. The maximum atomic E-state index is 5.82. The average Bonchev–Trinajstić information content (AvgIpc) is 2.37. The van der Waals surface area contributed by atoms with Crippen LogP contribution in [-0.4, -0.2) is 32.9 Å². The van der Waals surface area contributed by atoms with E-state index in [0.29, 0.717) is 19.1 Å². The van der Waals surface area contributed by atoms with Gasteiger partial charge in [0.1, 0.15) is 12.4 Å². The van der Waals surface area contributed by atoms with Gasteiger partial charge in [0.05, 0.1) is 12.6 Å². The summed E-state index contributed by atoms with van der Waals surface area (Å²) in [5.41, 5.74) is 1.30. The molecule has 3 nitrogen and oxygen atoms in total. The summed E-state index contributed by atoms with van der Waals surface area (Å²) < 4.78 is 11.0. The lowest BCUT2D eigenvalue weighted by atomic mass is 10.0. The molecule has 0 aromatic heterocycles. The van der Waals surface area contributed by atoms with Crippen molar-refractivity contribution in [3.63, 3.8) is 0 Å². The van der Waals surface area contributed by atoms with Gasteiger partial charge in [0.25, 0.3) is 0 Å². The average molecular weight is 251 g/mol. The summed E-state index contributed by atoms with van der Waals surface area (Å²) in [6.45, 7) is 8.67. The van der Waals surface area contributed by atoms with Crippen molar-refractivity contribution >= 4 is 0 Å². The van der Waals surface area contributed by atoms with E-state index in [4.69, 9.17) is 9.47 Å². The Bertz CT molecular complexity index is 333. The van der Waals surface area contributed by atoms with Crippen LogP contribution in [0.5, 0.6) is 5.75 Å². The lowest BCUT2D eigenvalue weighted by Crippen LogP contribution is -2.38. The Morgan fingerprint density at radius 1 is 1.22 bits per heavy atom. The zero-order valence-corrected chi connectivity index (χ0v) is 11.9. The maximum absolute atomic E-state index is 5.82. The molecule has 18 heavy (non-hydrogen) atoms. The van der Waals surface area contributed by atoms with Crippen LogP contribution < -0.4 is 10.1 Å². The van der Waals surface area contributed by atoms with Crippen LogP contribution in [-0.2, 0) is 4.74 Å². The highest BCUT2D eigenvalue weighted by atomic mass is 16.5. The molecule has 0 aliphatic rings. The second kappa shape index (κ2) is 8.11. The van der Waals surface area contributed by atoms with Gasteiger partial charge in [-0.25, -0.2) is 0 Å². The molecule has 0 spiro atoms. The van der Waals surface area contributed by atoms with E-state index in [2.05, 4.69) is 38.2 Å². The van der Waals surface area contributed by atoms with Crippen molar-refractivity contribution in [2.75, 3.05) is 26.9 Å². The number of methoxy groups -OCH3 is 1. The van der Waals surface area contributed by atoms with E-state index in [-0.39, 0.29) is 6.04 Å². The van der Waals surface area contributed by atoms with Crippen LogP contribution in [0.1, 0.15) is 32.3 Å². The first-order valence-electron chi connectivity index (χ1n) is 6.62. The Morgan fingerprint density at radius 3 is 2.61 bits per heavy atom. The maximum Gasteiger partial charge on any atom is 0.119 e. The minimum atomic E-state index is 0.239. The molecular formula is C15H25NO2. The minimum Gasteiger partial charge on any atom is -0.492 e. The molecule has 0 aliphatic carbocycles. The van der Waals surface area contributed by atoms with E-state index >= 15 is 0 Å². The third-order valence-corrected chi connectivity index (χ3v) is 2.84. The Morgan fingerprint density at radius 2 is 2.00 bits per heavy atom. The summed E-state index contributed by atoms with van der Waals surface area (Å²) in [6.07, 6.45) is 0. The Balaban J connectivity index is 2.53. The topological polar surface area (TPSA) is 30.5 Å². The van der Waals surface area contributed by atoms with Gasteiger partial charge in [-0.1, -0.05) is 32.9 Å². The Kier molecular flexibility index (Phi) is 6.76. The fourth-order valence-corrected chi connectivity index (χ4v) is 1.82. The van der Waals surface area contributed by atoms with Gasteiger partial charge in [-0.3, -0.25) is 0 Å². The van der Waals surface area contributed by atoms with E-state index < -0.39 is 0 Å². The second-order valence-corrected chi connectivity index (χ2v) is 4.75. The fraction of sp³-hybridized carbons (Fsp3) is 0.600. The first kappa shape index (κ1) is 15.0. The van der Waals surface area contributed by atoms with Crippen LogP contribution in [0.2, 0.25) is 0 Å². The minimum absolute atomic E-state index is 0.239. The highest BCUT2D eigenvalue weighted by molar-refractivity contribution is 5.30. The van der Waals surface area contributed by atoms with Crippen molar-refractivity contribution in [3.8, 4) is 5.75 Å². The molecule has 1 unspecified atom stereocenters. The fourth-order valence-electron chi connectivity index (χ4n) is 1.82. The standard InChI is InChI=1S/C15H25NO2/c1-5-16-14(10-17-4)11-18-15-8-6-7-13(9-15)12(2)3/h6-9,12,14,16H,5,10-11H2,1-4H3. The molecule has 1 N–H and O–H groups in total. The Hall–Kier alpha value is -1.06. The summed E-state index contributed by atoms with van der Waals surface area (Å²) in [5, 5.41) is 3.34. The van der Waals surface area contributed by atoms with Gasteiger partial charge < -0.3 is 14.8 Å². The summed E-state index contributed by atoms with van der Waals surface area (Å²) in [5.74, 6) is 1.46. The van der Waals surface area contributed by atoms with Crippen LogP contribution in [0.25, 0.3) is 0 Å². The summed E-state index contributed by atoms with van der Waals surface area (Å²) in [4.78, 5) is 0. The van der Waals surface area contributed by atoms with Crippen LogP contribution >= 0.6 is 0 Å². The second-order valence-electron chi connectivity index (χ2n) is 4.75. The molecule has 0 bridgehead atoms. The third kappa shape index (κ3) is 5.07. The summed E-state index contributed by atoms with van der Waals surface area (Å²) in [7, 11) is 1.71. The van der Waals surface area contributed by atoms with E-state index in [1.165, 1.54) is 5.56 Å². The lowest BCUT2D eigenvalue weighted by Gasteiger charge is -2.18. The van der Waals surface area contributed by atoms with Gasteiger partial charge in [0.2, 0.25) is 0 Å². The molecule has 1 rings (SSSR count). The molecule has 1 atom stereocenters. The molecule has 1 aromatic carbocycles. The Labute approximate surface area is 110 Å².